The van der Waals surface area contributed by atoms with Crippen LogP contribution in [0.3, 0.4) is 0 Å². The molecule has 0 spiro atoms. The molecule has 0 radical (unpaired) electrons. The Kier molecular flexibility index (Phi) is 14.2. The second-order valence-electron chi connectivity index (χ2n) is 6.93. The minimum Gasteiger partial charge on any atom is -0.303 e. The number of rotatable bonds is 10. The highest BCUT2D eigenvalue weighted by atomic mass is 32.2. The summed E-state index contributed by atoms with van der Waals surface area (Å²) >= 11 is 0. The fourth-order valence-electron chi connectivity index (χ4n) is 3.20. The van der Waals surface area contributed by atoms with E-state index in [1.54, 1.807) is 0 Å². The molecule has 1 saturated heterocycles. The van der Waals surface area contributed by atoms with Gasteiger partial charge in [0.15, 0.2) is 0 Å². The molecular formula is C18H39NO3S. The van der Waals surface area contributed by atoms with Crippen LogP contribution in [-0.4, -0.2) is 43.8 Å². The van der Waals surface area contributed by atoms with Crippen LogP contribution < -0.4 is 0 Å². The zero-order valence-electron chi connectivity index (χ0n) is 15.6. The van der Waals surface area contributed by atoms with Gasteiger partial charge in [-0.15, -0.1) is 0 Å². The number of hydrogen-bond acceptors (Lipinski definition) is 3. The van der Waals surface area contributed by atoms with E-state index in [1.807, 2.05) is 0 Å². The number of piperidine rings is 1. The molecule has 1 rings (SSSR count). The van der Waals surface area contributed by atoms with Crippen molar-refractivity contribution < 1.29 is 13.0 Å². The molecule has 4 nitrogen and oxygen atoms in total. The van der Waals surface area contributed by atoms with Crippen molar-refractivity contribution in [3.8, 4) is 0 Å². The molecule has 1 aliphatic rings. The molecule has 0 aromatic heterocycles. The van der Waals surface area contributed by atoms with E-state index in [-0.39, 0.29) is 0 Å². The van der Waals surface area contributed by atoms with Gasteiger partial charge in [0, 0.05) is 0 Å². The Morgan fingerprint density at radius 1 is 0.913 bits per heavy atom. The Balaban J connectivity index is 0.000000841. The Hall–Kier alpha value is -0.130. The van der Waals surface area contributed by atoms with Crippen LogP contribution in [-0.2, 0) is 10.1 Å². The largest absolute Gasteiger partial charge is 0.303 e. The smallest absolute Gasteiger partial charge is 0.261 e. The summed E-state index contributed by atoms with van der Waals surface area (Å²) in [5.74, 6) is 1.04. The molecule has 0 atom stereocenters. The monoisotopic (exact) mass is 349 g/mol. The van der Waals surface area contributed by atoms with Crippen LogP contribution in [0.4, 0.5) is 0 Å². The first kappa shape index (κ1) is 22.9. The lowest BCUT2D eigenvalue weighted by molar-refractivity contribution is 0.175. The van der Waals surface area contributed by atoms with E-state index in [2.05, 4.69) is 18.7 Å². The first-order valence-electron chi connectivity index (χ1n) is 9.51. The number of unbranched alkanes of at least 4 members (excludes halogenated alkanes) is 6. The van der Waals surface area contributed by atoms with Crippen molar-refractivity contribution in [2.24, 2.45) is 5.92 Å². The summed E-state index contributed by atoms with van der Waals surface area (Å²) in [5, 5.41) is 0. The van der Waals surface area contributed by atoms with Gasteiger partial charge in [-0.2, -0.15) is 8.42 Å². The van der Waals surface area contributed by atoms with Gasteiger partial charge in [0.25, 0.3) is 10.1 Å². The van der Waals surface area contributed by atoms with Crippen LogP contribution in [0.2, 0.25) is 0 Å². The zero-order chi connectivity index (χ0) is 17.6. The maximum Gasteiger partial charge on any atom is 0.261 e. The minimum absolute atomic E-state index is 0.715. The lowest BCUT2D eigenvalue weighted by atomic mass is 9.92. The summed E-state index contributed by atoms with van der Waals surface area (Å²) in [6.45, 7) is 8.74. The molecule has 5 heteroatoms. The van der Waals surface area contributed by atoms with Crippen molar-refractivity contribution in [2.45, 2.75) is 84.5 Å². The topological polar surface area (TPSA) is 57.6 Å². The Morgan fingerprint density at radius 2 is 1.39 bits per heavy atom. The summed E-state index contributed by atoms with van der Waals surface area (Å²) < 4.78 is 25.9. The van der Waals surface area contributed by atoms with Crippen LogP contribution in [0, 0.1) is 5.92 Å². The van der Waals surface area contributed by atoms with Crippen molar-refractivity contribution in [2.75, 3.05) is 25.9 Å². The van der Waals surface area contributed by atoms with Crippen LogP contribution in [0.15, 0.2) is 0 Å². The van der Waals surface area contributed by atoms with E-state index in [0.717, 1.165) is 5.92 Å². The second-order valence-corrected chi connectivity index (χ2v) is 8.39. The lowest BCUT2D eigenvalue weighted by Crippen LogP contribution is -2.34. The Bertz CT molecular complexity index is 341. The maximum atomic E-state index is 9.19. The molecule has 140 valence electrons. The van der Waals surface area contributed by atoms with E-state index < -0.39 is 10.1 Å². The third-order valence-corrected chi connectivity index (χ3v) is 4.48. The normalized spacial score (nSPS) is 16.9. The number of likely N-dealkylation sites (tertiary alicyclic amines) is 1. The fraction of sp³-hybridized carbons (Fsp3) is 1.00. The molecular weight excluding hydrogens is 310 g/mol. The molecule has 1 aliphatic heterocycles. The SMILES string of the molecule is CCCCCCCCCN1CCC(CCC)CC1.CS(=O)(=O)O. The van der Waals surface area contributed by atoms with E-state index in [4.69, 9.17) is 4.55 Å². The molecule has 1 heterocycles. The first-order chi connectivity index (χ1) is 10.9. The minimum atomic E-state index is -3.67. The lowest BCUT2D eigenvalue weighted by Gasteiger charge is -2.31. The van der Waals surface area contributed by atoms with Gasteiger partial charge >= 0.3 is 0 Å². The predicted octanol–water partition coefficient (Wildman–Crippen LogP) is 4.75. The van der Waals surface area contributed by atoms with Crippen molar-refractivity contribution in [3.05, 3.63) is 0 Å². The maximum absolute atomic E-state index is 9.19. The van der Waals surface area contributed by atoms with Crippen LogP contribution in [0.5, 0.6) is 0 Å². The molecule has 0 aromatic rings. The molecule has 0 bridgehead atoms. The van der Waals surface area contributed by atoms with Crippen molar-refractivity contribution in [1.29, 1.82) is 0 Å². The highest BCUT2D eigenvalue weighted by Crippen LogP contribution is 2.21. The van der Waals surface area contributed by atoms with Gasteiger partial charge in [0.1, 0.15) is 0 Å². The Labute approximate surface area is 144 Å². The van der Waals surface area contributed by atoms with E-state index in [9.17, 15) is 8.42 Å². The molecule has 1 N–H and O–H groups in total. The zero-order valence-corrected chi connectivity index (χ0v) is 16.4. The van der Waals surface area contributed by atoms with Crippen molar-refractivity contribution >= 4 is 10.1 Å². The average molecular weight is 350 g/mol. The van der Waals surface area contributed by atoms with Gasteiger partial charge in [-0.05, 0) is 44.8 Å². The number of nitrogens with zero attached hydrogens (tertiary/aromatic N) is 1. The fourth-order valence-corrected chi connectivity index (χ4v) is 3.20. The van der Waals surface area contributed by atoms with Crippen LogP contribution in [0.25, 0.3) is 0 Å². The second kappa shape index (κ2) is 14.2. The van der Waals surface area contributed by atoms with Crippen molar-refractivity contribution in [1.82, 2.24) is 4.90 Å². The van der Waals surface area contributed by atoms with Gasteiger partial charge in [0.2, 0.25) is 0 Å². The third-order valence-electron chi connectivity index (χ3n) is 4.48. The van der Waals surface area contributed by atoms with Crippen LogP contribution in [0.1, 0.15) is 84.5 Å². The summed E-state index contributed by atoms with van der Waals surface area (Å²) in [7, 11) is -3.67. The molecule has 23 heavy (non-hydrogen) atoms. The van der Waals surface area contributed by atoms with E-state index in [1.165, 1.54) is 90.3 Å². The third kappa shape index (κ3) is 18.1. The summed E-state index contributed by atoms with van der Waals surface area (Å²) in [6, 6.07) is 0. The van der Waals surface area contributed by atoms with Crippen LogP contribution >= 0.6 is 0 Å². The van der Waals surface area contributed by atoms with Gasteiger partial charge in [-0.25, -0.2) is 0 Å². The predicted molar refractivity (Wildman–Crippen MR) is 99.5 cm³/mol. The average Bonchev–Trinajstić information content (AvgIpc) is 2.47. The van der Waals surface area contributed by atoms with E-state index >= 15 is 0 Å². The molecule has 0 amide bonds. The summed E-state index contributed by atoms with van der Waals surface area (Å²) in [6.07, 6.45) is 16.6. The number of hydrogen-bond donors (Lipinski definition) is 1. The molecule has 0 unspecified atom stereocenters. The van der Waals surface area contributed by atoms with Gasteiger partial charge in [0.05, 0.1) is 6.26 Å². The van der Waals surface area contributed by atoms with Crippen molar-refractivity contribution in [3.63, 3.8) is 0 Å². The summed E-state index contributed by atoms with van der Waals surface area (Å²) in [4.78, 5) is 2.71. The molecule has 1 fully saturated rings. The molecule has 0 saturated carbocycles. The molecule has 0 aliphatic carbocycles. The molecule has 0 aromatic carbocycles. The standard InChI is InChI=1S/C17H35N.CH4O3S/c1-3-5-6-7-8-9-10-14-18-15-12-17(11-4-2)13-16-18;1-5(2,3)4/h17H,3-16H2,1-2H3;1H3,(H,2,3,4). The quantitative estimate of drug-likeness (QED) is 0.456. The van der Waals surface area contributed by atoms with Gasteiger partial charge in [-0.3, -0.25) is 4.55 Å². The Morgan fingerprint density at radius 3 is 1.87 bits per heavy atom. The first-order valence-corrected chi connectivity index (χ1v) is 11.4. The highest BCUT2D eigenvalue weighted by molar-refractivity contribution is 7.85. The summed E-state index contributed by atoms with van der Waals surface area (Å²) in [5.41, 5.74) is 0. The van der Waals surface area contributed by atoms with Gasteiger partial charge < -0.3 is 4.90 Å². The van der Waals surface area contributed by atoms with E-state index in [0.29, 0.717) is 6.26 Å². The highest BCUT2D eigenvalue weighted by Gasteiger charge is 2.17. The van der Waals surface area contributed by atoms with Gasteiger partial charge in [-0.1, -0.05) is 65.2 Å².